The van der Waals surface area contributed by atoms with Crippen LogP contribution in [0.4, 0.5) is 0 Å². The third-order valence-corrected chi connectivity index (χ3v) is 20.9. The third-order valence-electron chi connectivity index (χ3n) is 19.0. The molecule has 0 spiro atoms. The fourth-order valence-corrected chi connectivity index (χ4v) is 13.9. The topological polar surface area (TPSA) is 237 Å². The average Bonchev–Trinajstić information content (AvgIpc) is 1.24. The SMILES string of the molecule is CCCCCCCCCCCCCCCCCC(=O)O[C@H](COC(=O)CCCCCCCCC(C)CC)COP(=O)(O)OC[C@H](O)COP(=O)(O)OC[C@@H](COC(=O)CCCCCCCCCCCCCCC(C)C)OC(=O)CCCCCCCCCCCCCCCCCCC(C)C. The predicted molar refractivity (Wildman–Crippen MR) is 405 cm³/mol. The van der Waals surface area contributed by atoms with Crippen LogP contribution in [0.15, 0.2) is 0 Å². The number of esters is 4. The first-order valence-electron chi connectivity index (χ1n) is 41.4. The predicted octanol–water partition coefficient (Wildman–Crippen LogP) is 23.7. The van der Waals surface area contributed by atoms with E-state index in [2.05, 4.69) is 48.5 Å². The zero-order chi connectivity index (χ0) is 73.0. The van der Waals surface area contributed by atoms with E-state index in [1.54, 1.807) is 0 Å². The molecule has 0 aromatic rings. The zero-order valence-electron chi connectivity index (χ0n) is 65.0. The molecule has 0 fully saturated rings. The summed E-state index contributed by atoms with van der Waals surface area (Å²) in [5, 5.41) is 10.6. The monoisotopic (exact) mass is 1450 g/mol. The molecule has 0 amide bonds. The van der Waals surface area contributed by atoms with E-state index in [-0.39, 0.29) is 25.7 Å². The molecule has 0 radical (unpaired) electrons. The van der Waals surface area contributed by atoms with Gasteiger partial charge in [-0.15, -0.1) is 0 Å². The van der Waals surface area contributed by atoms with Gasteiger partial charge in [-0.1, -0.05) is 363 Å². The van der Waals surface area contributed by atoms with Crippen molar-refractivity contribution in [2.24, 2.45) is 17.8 Å². The van der Waals surface area contributed by atoms with Gasteiger partial charge in [-0.25, -0.2) is 9.13 Å². The van der Waals surface area contributed by atoms with E-state index in [0.717, 1.165) is 114 Å². The summed E-state index contributed by atoms with van der Waals surface area (Å²) in [5.41, 5.74) is 0. The van der Waals surface area contributed by atoms with Crippen LogP contribution in [-0.4, -0.2) is 96.7 Å². The Morgan fingerprint density at radius 1 is 0.293 bits per heavy atom. The van der Waals surface area contributed by atoms with Crippen molar-refractivity contribution in [2.75, 3.05) is 39.6 Å². The number of aliphatic hydroxyl groups is 1. The van der Waals surface area contributed by atoms with E-state index < -0.39 is 97.5 Å². The fourth-order valence-electron chi connectivity index (χ4n) is 12.3. The van der Waals surface area contributed by atoms with Gasteiger partial charge in [-0.05, 0) is 43.4 Å². The highest BCUT2D eigenvalue weighted by Crippen LogP contribution is 2.45. The van der Waals surface area contributed by atoms with E-state index in [1.165, 1.54) is 218 Å². The van der Waals surface area contributed by atoms with Gasteiger partial charge in [0.2, 0.25) is 0 Å². The van der Waals surface area contributed by atoms with Crippen LogP contribution in [0.1, 0.15) is 414 Å². The minimum Gasteiger partial charge on any atom is -0.462 e. The second-order valence-electron chi connectivity index (χ2n) is 30.0. The van der Waals surface area contributed by atoms with E-state index in [0.29, 0.717) is 25.7 Å². The molecule has 99 heavy (non-hydrogen) atoms. The highest BCUT2D eigenvalue weighted by Gasteiger charge is 2.30. The summed E-state index contributed by atoms with van der Waals surface area (Å²) < 4.78 is 68.7. The number of unbranched alkanes of at least 4 members (excludes halogenated alkanes) is 45. The van der Waals surface area contributed by atoms with Crippen LogP contribution in [0.25, 0.3) is 0 Å². The van der Waals surface area contributed by atoms with Crippen molar-refractivity contribution in [1.29, 1.82) is 0 Å². The molecular formula is C80H156O17P2. The number of carbonyl (C=O) groups is 4. The van der Waals surface area contributed by atoms with Gasteiger partial charge in [0.1, 0.15) is 19.3 Å². The number of hydrogen-bond acceptors (Lipinski definition) is 15. The van der Waals surface area contributed by atoms with Gasteiger partial charge in [0, 0.05) is 25.7 Å². The van der Waals surface area contributed by atoms with Crippen LogP contribution < -0.4 is 0 Å². The summed E-state index contributed by atoms with van der Waals surface area (Å²) in [4.78, 5) is 73.0. The van der Waals surface area contributed by atoms with Crippen LogP contribution in [0.2, 0.25) is 0 Å². The van der Waals surface area contributed by atoms with Gasteiger partial charge < -0.3 is 33.8 Å². The lowest BCUT2D eigenvalue weighted by atomic mass is 10.00. The molecule has 3 unspecified atom stereocenters. The van der Waals surface area contributed by atoms with E-state index in [9.17, 15) is 43.2 Å². The summed E-state index contributed by atoms with van der Waals surface area (Å²) in [5.74, 6) is 0.210. The number of aliphatic hydroxyl groups excluding tert-OH is 1. The minimum absolute atomic E-state index is 0.107. The Bertz CT molecular complexity index is 1920. The van der Waals surface area contributed by atoms with Gasteiger partial charge in [0.15, 0.2) is 12.2 Å². The maximum atomic E-state index is 13.1. The molecule has 588 valence electrons. The number of ether oxygens (including phenoxy) is 4. The lowest BCUT2D eigenvalue weighted by Gasteiger charge is -2.21. The fraction of sp³-hybridized carbons (Fsp3) is 0.950. The standard InChI is InChI=1S/C80H156O17P2/c1-8-10-11-12-13-14-15-16-19-23-30-35-40-49-56-64-80(85)97-76(68-91-78(83)62-55-48-43-42-46-53-60-73(7)9-2)70-95-99(88,89)93-66-74(81)65-92-98(86,87)94-69-75(67-90-77(82)61-54-47-39-34-29-26-25-28-33-38-45-52-59-72(5)6)96-79(84)63-57-50-41-36-31-24-21-18-17-20-22-27-32-37-44-51-58-71(3)4/h71-76,81H,8-70H2,1-7H3,(H,86,87)(H,88,89)/t73?,74-,75-,76-/m1/s1. The van der Waals surface area contributed by atoms with Gasteiger partial charge in [0.25, 0.3) is 0 Å². The van der Waals surface area contributed by atoms with Gasteiger partial charge in [-0.3, -0.25) is 37.3 Å². The molecule has 19 heteroatoms. The molecular weight excluding hydrogens is 1290 g/mol. The molecule has 0 rings (SSSR count). The molecule has 0 bridgehead atoms. The van der Waals surface area contributed by atoms with Crippen LogP contribution in [0.3, 0.4) is 0 Å². The molecule has 0 saturated carbocycles. The van der Waals surface area contributed by atoms with Gasteiger partial charge in [0.05, 0.1) is 26.4 Å². The first kappa shape index (κ1) is 97.1. The molecule has 0 heterocycles. The molecule has 17 nitrogen and oxygen atoms in total. The molecule has 0 aromatic carbocycles. The Balaban J connectivity index is 5.25. The lowest BCUT2D eigenvalue weighted by molar-refractivity contribution is -0.161. The molecule has 0 aliphatic heterocycles. The Morgan fingerprint density at radius 2 is 0.515 bits per heavy atom. The second kappa shape index (κ2) is 70.4. The number of rotatable bonds is 78. The van der Waals surface area contributed by atoms with Crippen LogP contribution >= 0.6 is 15.6 Å². The maximum absolute atomic E-state index is 13.1. The summed E-state index contributed by atoms with van der Waals surface area (Å²) in [6.45, 7) is 11.9. The zero-order valence-corrected chi connectivity index (χ0v) is 66.8. The van der Waals surface area contributed by atoms with Crippen molar-refractivity contribution in [1.82, 2.24) is 0 Å². The molecule has 0 saturated heterocycles. The van der Waals surface area contributed by atoms with Crippen molar-refractivity contribution >= 4 is 39.5 Å². The van der Waals surface area contributed by atoms with Crippen LogP contribution in [0, 0.1) is 17.8 Å². The number of phosphoric ester groups is 2. The largest absolute Gasteiger partial charge is 0.472 e. The van der Waals surface area contributed by atoms with Crippen molar-refractivity contribution in [3.05, 3.63) is 0 Å². The average molecular weight is 1450 g/mol. The smallest absolute Gasteiger partial charge is 0.462 e. The Labute approximate surface area is 607 Å². The Morgan fingerprint density at radius 3 is 0.768 bits per heavy atom. The molecule has 3 N–H and O–H groups in total. The number of carbonyl (C=O) groups excluding carboxylic acids is 4. The van der Waals surface area contributed by atoms with Crippen LogP contribution in [0.5, 0.6) is 0 Å². The number of phosphoric acid groups is 2. The summed E-state index contributed by atoms with van der Waals surface area (Å²) in [7, 11) is -9.92. The second-order valence-corrected chi connectivity index (χ2v) is 32.9. The van der Waals surface area contributed by atoms with E-state index in [1.807, 2.05) is 0 Å². The van der Waals surface area contributed by atoms with Crippen molar-refractivity contribution in [2.45, 2.75) is 433 Å². The summed E-state index contributed by atoms with van der Waals surface area (Å²) >= 11 is 0. The maximum Gasteiger partial charge on any atom is 0.472 e. The number of hydrogen-bond donors (Lipinski definition) is 3. The van der Waals surface area contributed by atoms with Gasteiger partial charge in [-0.2, -0.15) is 0 Å². The van der Waals surface area contributed by atoms with Crippen molar-refractivity contribution in [3.8, 4) is 0 Å². The van der Waals surface area contributed by atoms with E-state index in [4.69, 9.17) is 37.0 Å². The Kier molecular flexibility index (Phi) is 69.0. The molecule has 6 atom stereocenters. The quantitative estimate of drug-likeness (QED) is 0.0222. The first-order valence-corrected chi connectivity index (χ1v) is 44.4. The van der Waals surface area contributed by atoms with Gasteiger partial charge >= 0.3 is 39.5 Å². The minimum atomic E-state index is -4.96. The first-order chi connectivity index (χ1) is 47.8. The normalized spacial score (nSPS) is 14.3. The highest BCUT2D eigenvalue weighted by molar-refractivity contribution is 7.47. The molecule has 0 aliphatic rings. The van der Waals surface area contributed by atoms with E-state index >= 15 is 0 Å². The molecule has 0 aromatic heterocycles. The Hall–Kier alpha value is -1.94. The summed E-state index contributed by atoms with van der Waals surface area (Å²) in [6.07, 6.45) is 58.2. The lowest BCUT2D eigenvalue weighted by Crippen LogP contribution is -2.30. The molecule has 0 aliphatic carbocycles. The van der Waals surface area contributed by atoms with Crippen molar-refractivity contribution in [3.63, 3.8) is 0 Å². The van der Waals surface area contributed by atoms with Crippen molar-refractivity contribution < 1.29 is 80.2 Å². The highest BCUT2D eigenvalue weighted by atomic mass is 31.2. The third kappa shape index (κ3) is 72.8. The van der Waals surface area contributed by atoms with Crippen LogP contribution in [-0.2, 0) is 65.4 Å². The summed E-state index contributed by atoms with van der Waals surface area (Å²) in [6, 6.07) is 0.